The smallest absolute Gasteiger partial charge is 0.268 e. The van der Waals surface area contributed by atoms with Gasteiger partial charge in [-0.05, 0) is 143 Å². The van der Waals surface area contributed by atoms with Crippen LogP contribution in [0.2, 0.25) is 0 Å². The van der Waals surface area contributed by atoms with Crippen molar-refractivity contribution in [2.45, 2.75) is 235 Å². The van der Waals surface area contributed by atoms with Crippen molar-refractivity contribution in [1.29, 1.82) is 0 Å². The first kappa shape index (κ1) is 72.0. The van der Waals surface area contributed by atoms with E-state index in [1.165, 1.54) is 144 Å². The molecule has 0 bridgehead atoms. The van der Waals surface area contributed by atoms with E-state index in [1.807, 2.05) is 0 Å². The average Bonchev–Trinajstić information content (AvgIpc) is 4.04. The van der Waals surface area contributed by atoms with Gasteiger partial charge in [0.15, 0.2) is 0 Å². The van der Waals surface area contributed by atoms with Gasteiger partial charge in [0, 0.05) is 63.7 Å². The van der Waals surface area contributed by atoms with E-state index in [0.717, 1.165) is 0 Å². The monoisotopic (exact) mass is 1240 g/mol. The van der Waals surface area contributed by atoms with Crippen molar-refractivity contribution in [3.05, 3.63) is 179 Å². The van der Waals surface area contributed by atoms with Crippen LogP contribution in [0, 0.1) is 12.7 Å². The molecule has 78 heavy (non-hydrogen) atoms. The van der Waals surface area contributed by atoms with Crippen LogP contribution in [0.5, 0.6) is 0 Å². The third kappa shape index (κ3) is 20.2. The molecule has 2 N–H and O–H groups in total. The molecule has 0 atom stereocenters. The van der Waals surface area contributed by atoms with E-state index in [0.29, 0.717) is 47.3 Å². The van der Waals surface area contributed by atoms with Gasteiger partial charge in [-0.15, -0.1) is 0 Å². The Morgan fingerprint density at radius 1 is 0.321 bits per heavy atom. The fourth-order valence-electron chi connectivity index (χ4n) is 10.5. The van der Waals surface area contributed by atoms with E-state index in [2.05, 4.69) is 264 Å². The van der Waals surface area contributed by atoms with Crippen LogP contribution in [0.3, 0.4) is 0 Å². The van der Waals surface area contributed by atoms with Crippen molar-refractivity contribution < 1.29 is 59.0 Å². The van der Waals surface area contributed by atoms with Crippen molar-refractivity contribution in [2.75, 3.05) is 0 Å². The molecule has 0 spiro atoms. The van der Waals surface area contributed by atoms with Crippen molar-refractivity contribution in [2.24, 2.45) is 0 Å². The van der Waals surface area contributed by atoms with Gasteiger partial charge in [0.05, 0.1) is 22.7 Å². The summed E-state index contributed by atoms with van der Waals surface area (Å²) in [6.07, 6.45) is 42.0. The summed E-state index contributed by atoms with van der Waals surface area (Å²) in [5.74, 6) is 3.68. The third-order valence-electron chi connectivity index (χ3n) is 14.8. The first-order chi connectivity index (χ1) is 35.4. The van der Waals surface area contributed by atoms with Crippen molar-refractivity contribution in [3.63, 3.8) is 0 Å². The Balaban J connectivity index is 0.000000583. The van der Waals surface area contributed by atoms with Crippen LogP contribution in [-0.4, -0.2) is 20.1 Å². The quantitative estimate of drug-likeness (QED) is 0.0530. The normalized spacial score (nSPS) is 14.3. The predicted octanol–water partition coefficient (Wildman–Crippen LogP) is 19.5. The first-order valence-electron chi connectivity index (χ1n) is 29.3. The number of hydrogen-bond donors (Lipinski definition) is 0. The maximum atomic E-state index is 3.66. The molecule has 0 amide bonds. The number of benzene rings is 4. The average molecular weight is 1240 g/mol. The van der Waals surface area contributed by atoms with Gasteiger partial charge < -0.3 is 11.0 Å². The summed E-state index contributed by atoms with van der Waals surface area (Å²) < 4.78 is 8.80. The van der Waals surface area contributed by atoms with Crippen LogP contribution in [0.15, 0.2) is 122 Å². The van der Waals surface area contributed by atoms with Crippen LogP contribution in [-0.2, 0) is 39.0 Å². The zero-order valence-electron chi connectivity index (χ0n) is 51.0. The first-order valence-corrected chi connectivity index (χ1v) is 29.3. The summed E-state index contributed by atoms with van der Waals surface area (Å²) >= 11 is 0. The Kier molecular flexibility index (Phi) is 33.5. The molecule has 2 aliphatic rings. The van der Waals surface area contributed by atoms with Crippen LogP contribution in [0.25, 0.3) is 22.7 Å². The van der Waals surface area contributed by atoms with E-state index in [-0.39, 0.29) is 49.9 Å². The molecule has 434 valence electrons. The number of nitrogens with zero attached hydrogens (tertiary/aromatic N) is 4. The molecule has 2 aromatic heterocycles. The number of aromatic nitrogens is 4. The number of imidazole rings is 2. The van der Waals surface area contributed by atoms with E-state index >= 15 is 0 Å². The molecule has 2 radical (unpaired) electrons. The van der Waals surface area contributed by atoms with Gasteiger partial charge in [-0.25, -0.2) is 0 Å². The van der Waals surface area contributed by atoms with Gasteiger partial charge in [-0.2, -0.15) is 0 Å². The molecule has 4 aromatic carbocycles. The summed E-state index contributed by atoms with van der Waals surface area (Å²) in [5.41, 5.74) is 16.1. The molecule has 0 saturated heterocycles. The standard InChI is InChI=1S/2C27H36N2.2C8H14.2H2O.2Rh/c2*1-18(2)22-11-9-12-23(19(3)4)26(22)28-15-16-29(17-28)27-24(20(5)6)13-10-14-25(27)21(7)8;2*1-2-4-6-8-7-5-3-1;;;;/h2*9-16,18-21H,1-8H3;2*1-2H,3-8H2;2*1H2;;/p-2/b;;2*2-1-;;;;. The van der Waals surface area contributed by atoms with Crippen molar-refractivity contribution in [3.8, 4) is 22.7 Å². The number of hydrogen-bond acceptors (Lipinski definition) is 2. The second kappa shape index (κ2) is 36.3. The third-order valence-corrected chi connectivity index (χ3v) is 14.8. The molecule has 2 heterocycles. The minimum absolute atomic E-state index is 0. The maximum absolute atomic E-state index is 3.66. The van der Waals surface area contributed by atoms with Gasteiger partial charge in [0.25, 0.3) is 12.7 Å². The minimum atomic E-state index is 0. The Morgan fingerprint density at radius 2 is 0.526 bits per heavy atom. The van der Waals surface area contributed by atoms with Crippen LogP contribution in [0.4, 0.5) is 0 Å². The van der Waals surface area contributed by atoms with Crippen LogP contribution >= 0.6 is 0 Å². The summed E-state index contributed by atoms with van der Waals surface area (Å²) in [5, 5.41) is 0. The van der Waals surface area contributed by atoms with E-state index < -0.39 is 0 Å². The van der Waals surface area contributed by atoms with Gasteiger partial charge in [-0.1, -0.05) is 234 Å². The van der Waals surface area contributed by atoms with Gasteiger partial charge >= 0.3 is 0 Å². The summed E-state index contributed by atoms with van der Waals surface area (Å²) in [6.45, 7) is 36.3. The molecule has 8 rings (SSSR count). The largest absolute Gasteiger partial charge is 0.870 e. The maximum Gasteiger partial charge on any atom is 0.268 e. The SMILES string of the molecule is C1=C\CCCCCC/1.C1=C\CCCCCC/1.CC(C)c1cccc(C(C)C)c1-n1[c-][n+](-c2c(C(C)C)cccc2C(C)C)cc1.CC(C)c1cccc(C(C)C)c1-n1[c-][n+](-c2c(C(C)C)cccc2C(C)C)cc1.[OH-].[OH-].[Rh].[Rh]. The molecule has 0 saturated carbocycles. The molecular formula is C70H102N4O2Rh2-2. The molecule has 2 aliphatic carbocycles. The summed E-state index contributed by atoms with van der Waals surface area (Å²) in [7, 11) is 0. The Bertz CT molecular complexity index is 2220. The molecule has 6 aromatic rings. The molecule has 0 fully saturated rings. The zero-order valence-corrected chi connectivity index (χ0v) is 54.3. The van der Waals surface area contributed by atoms with Gasteiger partial charge in [0.1, 0.15) is 0 Å². The number of para-hydroxylation sites is 4. The molecule has 6 nitrogen and oxygen atoms in total. The fourth-order valence-corrected chi connectivity index (χ4v) is 10.5. The van der Waals surface area contributed by atoms with Crippen molar-refractivity contribution in [1.82, 2.24) is 9.13 Å². The summed E-state index contributed by atoms with van der Waals surface area (Å²) in [4.78, 5) is 0. The predicted molar refractivity (Wildman–Crippen MR) is 323 cm³/mol. The van der Waals surface area contributed by atoms with E-state index in [1.54, 1.807) is 0 Å². The Hall–Kier alpha value is -4.05. The van der Waals surface area contributed by atoms with Crippen LogP contribution in [0.1, 0.15) is 280 Å². The Morgan fingerprint density at radius 3 is 0.731 bits per heavy atom. The number of allylic oxidation sites excluding steroid dienone is 4. The van der Waals surface area contributed by atoms with Crippen molar-refractivity contribution >= 4 is 0 Å². The zero-order chi connectivity index (χ0) is 53.9. The molecular weight excluding hydrogens is 1130 g/mol. The molecule has 0 unspecified atom stereocenters. The molecule has 8 heteroatoms. The van der Waals surface area contributed by atoms with Crippen LogP contribution < -0.4 is 9.13 Å². The molecule has 0 aliphatic heterocycles. The fraction of sp³-hybridized carbons (Fsp3) is 0.514. The second-order valence-electron chi connectivity index (χ2n) is 23.6. The minimum Gasteiger partial charge on any atom is -0.870 e. The van der Waals surface area contributed by atoms with E-state index in [9.17, 15) is 0 Å². The van der Waals surface area contributed by atoms with Gasteiger partial charge in [0.2, 0.25) is 0 Å². The van der Waals surface area contributed by atoms with Gasteiger partial charge in [-0.3, -0.25) is 18.3 Å². The second-order valence-corrected chi connectivity index (χ2v) is 23.6. The topological polar surface area (TPSA) is 77.6 Å². The number of rotatable bonds is 12. The Labute approximate surface area is 501 Å². The summed E-state index contributed by atoms with van der Waals surface area (Å²) in [6, 6.07) is 26.8. The van der Waals surface area contributed by atoms with E-state index in [4.69, 9.17) is 0 Å².